The van der Waals surface area contributed by atoms with E-state index in [1.54, 1.807) is 0 Å². The molecule has 61 heavy (non-hydrogen) atoms. The predicted octanol–water partition coefficient (Wildman–Crippen LogP) is 5.16. The van der Waals surface area contributed by atoms with Gasteiger partial charge in [0.15, 0.2) is 29.6 Å². The summed E-state index contributed by atoms with van der Waals surface area (Å²) in [7, 11) is 0. The molecule has 8 aliphatic heterocycles. The maximum absolute atomic E-state index is 13.0. The van der Waals surface area contributed by atoms with Gasteiger partial charge in [-0.1, -0.05) is 20.8 Å². The first-order valence-corrected chi connectivity index (χ1v) is 22.9. The van der Waals surface area contributed by atoms with Crippen molar-refractivity contribution in [3.05, 3.63) is 0 Å². The molecule has 2 saturated carbocycles. The molecule has 0 aromatic rings. The lowest BCUT2D eigenvalue weighted by Crippen LogP contribution is -2.70. The Bertz CT molecular complexity index is 1680. The van der Waals surface area contributed by atoms with Crippen molar-refractivity contribution in [2.24, 2.45) is 41.4 Å². The second-order valence-electron chi connectivity index (χ2n) is 19.6. The van der Waals surface area contributed by atoms with E-state index < -0.39 is 71.8 Å². The highest BCUT2D eigenvalue weighted by atomic mass is 17.3. The van der Waals surface area contributed by atoms with Gasteiger partial charge in [0, 0.05) is 56.4 Å². The molecule has 17 heteroatoms. The third-order valence-corrected chi connectivity index (χ3v) is 15.4. The van der Waals surface area contributed by atoms with Crippen molar-refractivity contribution >= 4 is 29.5 Å². The fourth-order valence-electron chi connectivity index (χ4n) is 11.9. The maximum Gasteiger partial charge on any atom is 0.308 e. The fraction of sp³-hybridized carbons (Fsp3) is 0.886. The summed E-state index contributed by atoms with van der Waals surface area (Å²) < 4.78 is 36.7. The molecule has 2 N–H and O–H groups in total. The summed E-state index contributed by atoms with van der Waals surface area (Å²) in [4.78, 5) is 87.6. The van der Waals surface area contributed by atoms with Crippen molar-refractivity contribution in [2.75, 3.05) is 6.54 Å². The van der Waals surface area contributed by atoms with E-state index in [2.05, 4.69) is 24.5 Å². The van der Waals surface area contributed by atoms with Crippen LogP contribution in [0.15, 0.2) is 0 Å². The molecule has 8 heterocycles. The summed E-state index contributed by atoms with van der Waals surface area (Å²) in [6.07, 6.45) is 5.21. The number of nitrogens with one attached hydrogen (secondary N) is 2. The first kappa shape index (κ1) is 44.8. The predicted molar refractivity (Wildman–Crippen MR) is 209 cm³/mol. The summed E-state index contributed by atoms with van der Waals surface area (Å²) in [6.45, 7) is 11.9. The van der Waals surface area contributed by atoms with Crippen molar-refractivity contribution in [3.8, 4) is 0 Å². The number of hydrogen-bond acceptors (Lipinski definition) is 15. The number of ether oxygens (including phenoxy) is 6. The van der Waals surface area contributed by atoms with E-state index in [4.69, 9.17) is 48.0 Å². The van der Waals surface area contributed by atoms with Crippen LogP contribution in [0.25, 0.3) is 0 Å². The number of ketones is 1. The molecule has 16 atom stereocenters. The summed E-state index contributed by atoms with van der Waals surface area (Å²) in [6, 6.07) is -0.734. The maximum atomic E-state index is 13.0. The zero-order chi connectivity index (χ0) is 43.3. The Hall–Kier alpha value is -2.77. The highest BCUT2D eigenvalue weighted by Crippen LogP contribution is 2.61. The number of hydrogen-bond donors (Lipinski definition) is 2. The van der Waals surface area contributed by atoms with Crippen LogP contribution in [0.1, 0.15) is 144 Å². The Morgan fingerprint density at radius 1 is 0.672 bits per heavy atom. The number of amides is 2. The van der Waals surface area contributed by atoms with Crippen molar-refractivity contribution in [3.63, 3.8) is 0 Å². The molecule has 8 saturated heterocycles. The van der Waals surface area contributed by atoms with Crippen LogP contribution in [0, 0.1) is 41.4 Å². The number of carbonyl (C=O) groups is 5. The normalized spacial score (nSPS) is 43.7. The highest BCUT2D eigenvalue weighted by molar-refractivity contribution is 5.88. The summed E-state index contributed by atoms with van der Waals surface area (Å²) in [5.74, 6) is -2.84. The van der Waals surface area contributed by atoms with Crippen LogP contribution in [-0.4, -0.2) is 90.1 Å². The Labute approximate surface area is 357 Å². The second kappa shape index (κ2) is 17.7. The van der Waals surface area contributed by atoms with Gasteiger partial charge in [-0.2, -0.15) is 0 Å². The monoisotopic (exact) mass is 862 g/mol. The molecular weight excluding hydrogens is 796 g/mol. The average molecular weight is 863 g/mol. The lowest BCUT2D eigenvalue weighted by molar-refractivity contribution is -0.576. The van der Waals surface area contributed by atoms with E-state index in [1.165, 1.54) is 6.92 Å². The molecule has 342 valence electrons. The number of rotatable bonds is 15. The molecule has 4 bridgehead atoms. The van der Waals surface area contributed by atoms with Crippen molar-refractivity contribution in [1.82, 2.24) is 10.6 Å². The average Bonchev–Trinajstić information content (AvgIpc) is 3.59. The van der Waals surface area contributed by atoms with Crippen LogP contribution >= 0.6 is 0 Å². The van der Waals surface area contributed by atoms with Gasteiger partial charge in [-0.25, -0.2) is 19.6 Å². The SMILES string of the molecule is CC(=O)C(CCCCNC(=O)CCC(=O)O[C@@H]1O[C@@H]2O[C@@]3(C)CC[C@H]4[C@H](C)CC[C@@H]([C@H]1C)[C@@]24OO3)NC(=O)CCC(=O)O[C@H]1C[C@@H]2CC[C@@H](C)[C@@H]3CC[C@@]4(C)OO[C@@]23[C@H](O1)O4. The van der Waals surface area contributed by atoms with E-state index in [-0.39, 0.29) is 67.0 Å². The topological polar surface area (TPSA) is 202 Å². The molecule has 0 radical (unpaired) electrons. The van der Waals surface area contributed by atoms with Gasteiger partial charge < -0.3 is 39.1 Å². The van der Waals surface area contributed by atoms with Gasteiger partial charge in [-0.15, -0.1) is 0 Å². The van der Waals surface area contributed by atoms with Gasteiger partial charge in [0.2, 0.25) is 36.0 Å². The van der Waals surface area contributed by atoms with Crippen LogP contribution in [0.3, 0.4) is 0 Å². The van der Waals surface area contributed by atoms with E-state index in [0.29, 0.717) is 56.9 Å². The largest absolute Gasteiger partial charge is 0.436 e. The van der Waals surface area contributed by atoms with Crippen molar-refractivity contribution < 1.29 is 71.9 Å². The molecule has 17 nitrogen and oxygen atoms in total. The standard InChI is InChI=1S/C44H66N2O15/c1-24-10-12-28-23-37(54-39-43(28)29(24)18-20-41(5,56-39)58-60-43)52-35(50)17-15-34(49)46-32(27(4)47)9-7-8-22-45-33(48)14-16-36(51)53-38-26(3)31-13-11-25(2)30-19-21-42(6)57-40(55-38)44(30,31)61-59-42/h24-26,28-32,37-40H,7-23H2,1-6H3,(H,45,48)(H,46,49)/t24-,25-,26-,28+,29+,30+,31+,32?,37-,38-,39-,40-,41-,42-,43+,44-/m1/s1. The minimum Gasteiger partial charge on any atom is -0.436 e. The third-order valence-electron chi connectivity index (χ3n) is 15.4. The minimum atomic E-state index is -0.939. The number of unbranched alkanes of at least 4 members (excludes halogenated alkanes) is 1. The Morgan fingerprint density at radius 3 is 1.97 bits per heavy atom. The molecule has 10 fully saturated rings. The zero-order valence-corrected chi connectivity index (χ0v) is 36.6. The number of fused-ring (bicyclic) bond motifs is 4. The van der Waals surface area contributed by atoms with Crippen LogP contribution < -0.4 is 10.6 Å². The lowest BCUT2D eigenvalue weighted by atomic mass is 9.58. The first-order valence-electron chi connectivity index (χ1n) is 22.9. The van der Waals surface area contributed by atoms with Gasteiger partial charge >= 0.3 is 11.9 Å². The molecule has 1 unspecified atom stereocenters. The van der Waals surface area contributed by atoms with Crippen LogP contribution in [-0.2, 0) is 71.9 Å². The lowest BCUT2D eigenvalue weighted by Gasteiger charge is -2.59. The summed E-state index contributed by atoms with van der Waals surface area (Å²) >= 11 is 0. The number of carbonyl (C=O) groups excluding carboxylic acids is 5. The Kier molecular flexibility index (Phi) is 13.0. The molecule has 2 spiro atoms. The van der Waals surface area contributed by atoms with E-state index in [0.717, 1.165) is 38.5 Å². The Morgan fingerprint density at radius 2 is 1.28 bits per heavy atom. The van der Waals surface area contributed by atoms with Gasteiger partial charge in [-0.3, -0.25) is 24.0 Å². The first-order chi connectivity index (χ1) is 29.0. The van der Waals surface area contributed by atoms with Gasteiger partial charge in [0.1, 0.15) is 0 Å². The van der Waals surface area contributed by atoms with Crippen LogP contribution in [0.2, 0.25) is 0 Å². The molecule has 0 aromatic heterocycles. The van der Waals surface area contributed by atoms with Crippen molar-refractivity contribution in [1.29, 1.82) is 0 Å². The molecule has 0 aromatic carbocycles. The summed E-state index contributed by atoms with van der Waals surface area (Å²) in [5.41, 5.74) is -1.50. The smallest absolute Gasteiger partial charge is 0.308 e. The van der Waals surface area contributed by atoms with Gasteiger partial charge in [-0.05, 0) is 102 Å². The zero-order valence-electron chi connectivity index (χ0n) is 36.6. The second-order valence-corrected chi connectivity index (χ2v) is 19.6. The molecular formula is C44H66N2O15. The van der Waals surface area contributed by atoms with Gasteiger partial charge in [0.05, 0.1) is 18.9 Å². The summed E-state index contributed by atoms with van der Waals surface area (Å²) in [5, 5.41) is 5.55. The van der Waals surface area contributed by atoms with Gasteiger partial charge in [0.25, 0.3) is 0 Å². The fourth-order valence-corrected chi connectivity index (χ4v) is 11.9. The van der Waals surface area contributed by atoms with Crippen LogP contribution in [0.5, 0.6) is 0 Å². The molecule has 2 amide bonds. The quantitative estimate of drug-likeness (QED) is 0.124. The van der Waals surface area contributed by atoms with Crippen LogP contribution in [0.4, 0.5) is 0 Å². The number of Topliss-reactive ketones (excluding diaryl/α,β-unsaturated/α-hetero) is 1. The van der Waals surface area contributed by atoms with E-state index in [9.17, 15) is 24.0 Å². The van der Waals surface area contributed by atoms with E-state index in [1.807, 2.05) is 20.8 Å². The van der Waals surface area contributed by atoms with Crippen molar-refractivity contribution in [2.45, 2.75) is 198 Å². The Balaban J connectivity index is 0.714. The molecule has 10 rings (SSSR count). The third kappa shape index (κ3) is 8.75. The highest BCUT2D eigenvalue weighted by Gasteiger charge is 2.70. The number of esters is 2. The molecule has 2 aliphatic carbocycles. The van der Waals surface area contributed by atoms with E-state index >= 15 is 0 Å². The minimum absolute atomic E-state index is 0.0132. The molecule has 10 aliphatic rings.